The van der Waals surface area contributed by atoms with Crippen LogP contribution in [0.15, 0.2) is 23.1 Å². The molecule has 0 spiro atoms. The zero-order valence-corrected chi connectivity index (χ0v) is 13.2. The second kappa shape index (κ2) is 6.26. The van der Waals surface area contributed by atoms with Gasteiger partial charge < -0.3 is 10.4 Å². The molecule has 0 aliphatic heterocycles. The number of aliphatic carboxylic acids is 1. The minimum Gasteiger partial charge on any atom is -0.480 e. The van der Waals surface area contributed by atoms with Crippen molar-refractivity contribution in [3.63, 3.8) is 0 Å². The Kier molecular flexibility index (Phi) is 5.11. The van der Waals surface area contributed by atoms with Crippen LogP contribution in [-0.2, 0) is 14.6 Å². The van der Waals surface area contributed by atoms with E-state index >= 15 is 0 Å². The molecule has 116 valence electrons. The van der Waals surface area contributed by atoms with Gasteiger partial charge in [-0.05, 0) is 30.5 Å². The molecule has 1 rings (SSSR count). The molecule has 2 N–H and O–H groups in total. The lowest BCUT2D eigenvalue weighted by Gasteiger charge is -2.18. The number of carboxylic acid groups (broad SMARTS) is 1. The molecule has 1 aromatic rings. The molecule has 0 heterocycles. The lowest BCUT2D eigenvalue weighted by Crippen LogP contribution is -2.44. The normalized spacial score (nSPS) is 13.0. The van der Waals surface area contributed by atoms with Crippen LogP contribution in [0.3, 0.4) is 0 Å². The summed E-state index contributed by atoms with van der Waals surface area (Å²) < 4.78 is 23.1. The van der Waals surface area contributed by atoms with Crippen LogP contribution in [0.5, 0.6) is 0 Å². The number of sulfone groups is 1. The van der Waals surface area contributed by atoms with E-state index in [1.807, 2.05) is 0 Å². The number of nitrogens with one attached hydrogen (secondary N) is 1. The van der Waals surface area contributed by atoms with Gasteiger partial charge in [0, 0.05) is 11.8 Å². The zero-order valence-electron chi connectivity index (χ0n) is 12.4. The third-order valence-electron chi connectivity index (χ3n) is 3.10. The summed E-state index contributed by atoms with van der Waals surface area (Å²) in [6.07, 6.45) is 1.05. The number of carboxylic acids is 1. The van der Waals surface area contributed by atoms with Gasteiger partial charge in [-0.2, -0.15) is 0 Å². The first-order valence-electron chi connectivity index (χ1n) is 6.38. The molecule has 1 unspecified atom stereocenters. The Balaban J connectivity index is 3.16. The summed E-state index contributed by atoms with van der Waals surface area (Å²) in [6, 6.07) is 3.17. The van der Waals surface area contributed by atoms with Gasteiger partial charge in [-0.15, -0.1) is 0 Å². The van der Waals surface area contributed by atoms with Crippen molar-refractivity contribution < 1.29 is 23.1 Å². The van der Waals surface area contributed by atoms with Gasteiger partial charge in [-0.1, -0.05) is 19.9 Å². The Labute approximate surface area is 124 Å². The minimum atomic E-state index is -3.43. The molecule has 0 aromatic heterocycles. The standard InChI is InChI=1S/C14H19NO5S/c1-8(2)12(14(17)18)15-13(16)11-7-10(21(4,19)20)6-5-9(11)3/h5-8,12H,1-4H3,(H,15,16)(H,17,18). The number of rotatable bonds is 5. The lowest BCUT2D eigenvalue weighted by atomic mass is 10.0. The molecule has 7 heteroatoms. The third kappa shape index (κ3) is 4.29. The molecular formula is C14H19NO5S. The second-order valence-electron chi connectivity index (χ2n) is 5.28. The first-order chi connectivity index (χ1) is 9.54. The van der Waals surface area contributed by atoms with E-state index in [2.05, 4.69) is 5.32 Å². The number of hydrogen-bond donors (Lipinski definition) is 2. The smallest absolute Gasteiger partial charge is 0.326 e. The molecule has 0 aliphatic carbocycles. The van der Waals surface area contributed by atoms with Gasteiger partial charge in [0.15, 0.2) is 9.84 Å². The largest absolute Gasteiger partial charge is 0.480 e. The molecule has 1 aromatic carbocycles. The van der Waals surface area contributed by atoms with Crippen LogP contribution < -0.4 is 5.32 Å². The molecule has 0 saturated heterocycles. The van der Waals surface area contributed by atoms with Crippen molar-refractivity contribution in [2.24, 2.45) is 5.92 Å². The summed E-state index contributed by atoms with van der Waals surface area (Å²) in [4.78, 5) is 23.3. The van der Waals surface area contributed by atoms with Crippen molar-refractivity contribution in [3.05, 3.63) is 29.3 Å². The number of amides is 1. The fourth-order valence-corrected chi connectivity index (χ4v) is 2.46. The predicted octanol–water partition coefficient (Wildman–Crippen LogP) is 1.24. The maximum Gasteiger partial charge on any atom is 0.326 e. The summed E-state index contributed by atoms with van der Waals surface area (Å²) in [5.74, 6) is -2.01. The number of hydrogen-bond acceptors (Lipinski definition) is 4. The number of carbonyl (C=O) groups excluding carboxylic acids is 1. The van der Waals surface area contributed by atoms with E-state index in [-0.39, 0.29) is 16.4 Å². The monoisotopic (exact) mass is 313 g/mol. The van der Waals surface area contributed by atoms with Crippen molar-refractivity contribution >= 4 is 21.7 Å². The van der Waals surface area contributed by atoms with Crippen molar-refractivity contribution in [1.29, 1.82) is 0 Å². The van der Waals surface area contributed by atoms with Gasteiger partial charge in [0.25, 0.3) is 5.91 Å². The topological polar surface area (TPSA) is 101 Å². The SMILES string of the molecule is Cc1ccc(S(C)(=O)=O)cc1C(=O)NC(C(=O)O)C(C)C. The zero-order chi connectivity index (χ0) is 16.4. The van der Waals surface area contributed by atoms with Gasteiger partial charge in [-0.3, -0.25) is 4.79 Å². The Morgan fingerprint density at radius 3 is 2.24 bits per heavy atom. The van der Waals surface area contributed by atoms with Crippen LogP contribution >= 0.6 is 0 Å². The van der Waals surface area contributed by atoms with Gasteiger partial charge in [0.1, 0.15) is 6.04 Å². The van der Waals surface area contributed by atoms with Gasteiger partial charge in [0.05, 0.1) is 4.90 Å². The fourth-order valence-electron chi connectivity index (χ4n) is 1.81. The van der Waals surface area contributed by atoms with Gasteiger partial charge >= 0.3 is 5.97 Å². The lowest BCUT2D eigenvalue weighted by molar-refractivity contribution is -0.140. The van der Waals surface area contributed by atoms with E-state index in [0.717, 1.165) is 6.26 Å². The quantitative estimate of drug-likeness (QED) is 0.851. The average molecular weight is 313 g/mol. The Hall–Kier alpha value is -1.89. The highest BCUT2D eigenvalue weighted by Crippen LogP contribution is 2.16. The van der Waals surface area contributed by atoms with Gasteiger partial charge in [0.2, 0.25) is 0 Å². The van der Waals surface area contributed by atoms with Crippen molar-refractivity contribution in [1.82, 2.24) is 5.32 Å². The summed E-state index contributed by atoms with van der Waals surface area (Å²) in [5, 5.41) is 11.5. The minimum absolute atomic E-state index is 0.0228. The highest BCUT2D eigenvalue weighted by Gasteiger charge is 2.25. The van der Waals surface area contributed by atoms with E-state index in [9.17, 15) is 18.0 Å². The van der Waals surface area contributed by atoms with Crippen LogP contribution in [0, 0.1) is 12.8 Å². The first kappa shape index (κ1) is 17.2. The maximum absolute atomic E-state index is 12.2. The maximum atomic E-state index is 12.2. The molecular weight excluding hydrogens is 294 g/mol. The molecule has 0 bridgehead atoms. The van der Waals surface area contributed by atoms with E-state index in [4.69, 9.17) is 5.11 Å². The third-order valence-corrected chi connectivity index (χ3v) is 4.21. The molecule has 1 atom stereocenters. The Morgan fingerprint density at radius 1 is 1.24 bits per heavy atom. The number of benzene rings is 1. The van der Waals surface area contributed by atoms with E-state index in [1.54, 1.807) is 20.8 Å². The summed E-state index contributed by atoms with van der Waals surface area (Å²) in [7, 11) is -3.43. The van der Waals surface area contributed by atoms with Crippen molar-refractivity contribution in [2.45, 2.75) is 31.7 Å². The molecule has 1 amide bonds. The average Bonchev–Trinajstić information content (AvgIpc) is 2.33. The highest BCUT2D eigenvalue weighted by molar-refractivity contribution is 7.90. The second-order valence-corrected chi connectivity index (χ2v) is 7.30. The molecule has 6 nitrogen and oxygen atoms in total. The van der Waals surface area contributed by atoms with E-state index in [1.165, 1.54) is 18.2 Å². The molecule has 0 radical (unpaired) electrons. The highest BCUT2D eigenvalue weighted by atomic mass is 32.2. The van der Waals surface area contributed by atoms with Crippen LogP contribution in [0.2, 0.25) is 0 Å². The van der Waals surface area contributed by atoms with E-state index in [0.29, 0.717) is 5.56 Å². The van der Waals surface area contributed by atoms with Crippen LogP contribution in [0.4, 0.5) is 0 Å². The van der Waals surface area contributed by atoms with Crippen LogP contribution in [0.25, 0.3) is 0 Å². The Bertz CT molecular complexity index is 664. The summed E-state index contributed by atoms with van der Waals surface area (Å²) in [6.45, 7) is 5.02. The van der Waals surface area contributed by atoms with Crippen molar-refractivity contribution in [3.8, 4) is 0 Å². The molecule has 0 fully saturated rings. The number of aryl methyl sites for hydroxylation is 1. The Morgan fingerprint density at radius 2 is 1.81 bits per heavy atom. The van der Waals surface area contributed by atoms with Crippen molar-refractivity contribution in [2.75, 3.05) is 6.26 Å². The summed E-state index contributed by atoms with van der Waals surface area (Å²) >= 11 is 0. The van der Waals surface area contributed by atoms with E-state index < -0.39 is 27.8 Å². The molecule has 0 saturated carbocycles. The molecule has 0 aliphatic rings. The first-order valence-corrected chi connectivity index (χ1v) is 8.27. The molecule has 21 heavy (non-hydrogen) atoms. The van der Waals surface area contributed by atoms with Crippen LogP contribution in [0.1, 0.15) is 29.8 Å². The summed E-state index contributed by atoms with van der Waals surface area (Å²) in [5.41, 5.74) is 0.734. The van der Waals surface area contributed by atoms with Gasteiger partial charge in [-0.25, -0.2) is 13.2 Å². The van der Waals surface area contributed by atoms with Crippen LogP contribution in [-0.4, -0.2) is 37.7 Å². The number of carbonyl (C=O) groups is 2. The predicted molar refractivity (Wildman–Crippen MR) is 78.0 cm³/mol. The fraction of sp³-hybridized carbons (Fsp3) is 0.429.